The van der Waals surface area contributed by atoms with Gasteiger partial charge in [-0.15, -0.1) is 0 Å². The molecule has 3 heterocycles. The van der Waals surface area contributed by atoms with E-state index >= 15 is 0 Å². The summed E-state index contributed by atoms with van der Waals surface area (Å²) in [6.07, 6.45) is 4.68. The fourth-order valence-corrected chi connectivity index (χ4v) is 5.06. The first-order chi connectivity index (χ1) is 19.1. The van der Waals surface area contributed by atoms with E-state index in [1.165, 1.54) is 22.0 Å². The van der Waals surface area contributed by atoms with Crippen LogP contribution < -0.4 is 22.5 Å². The number of nitrogens with zero attached hydrogens (tertiary/aromatic N) is 5. The third-order valence-electron chi connectivity index (χ3n) is 8.05. The van der Waals surface area contributed by atoms with E-state index in [2.05, 4.69) is 22.1 Å². The largest absolute Gasteiger partial charge is 0.394 e. The molecule has 0 spiro atoms. The molecule has 1 aromatic carbocycles. The Morgan fingerprint density at radius 3 is 2.35 bits per heavy atom. The first kappa shape index (κ1) is 29.7. The predicted molar refractivity (Wildman–Crippen MR) is 153 cm³/mol. The Labute approximate surface area is 234 Å². The highest BCUT2D eigenvalue weighted by molar-refractivity contribution is 5.89. The average Bonchev–Trinajstić information content (AvgIpc) is 3.12. The van der Waals surface area contributed by atoms with E-state index in [4.69, 9.17) is 11.5 Å². The van der Waals surface area contributed by atoms with E-state index in [-0.39, 0.29) is 17.8 Å². The zero-order valence-corrected chi connectivity index (χ0v) is 23.5. The molecule has 6 N–H and O–H groups in total. The van der Waals surface area contributed by atoms with Crippen LogP contribution in [0.5, 0.6) is 0 Å². The zero-order chi connectivity index (χ0) is 28.9. The Bertz CT molecular complexity index is 1210. The lowest BCUT2D eigenvalue weighted by Gasteiger charge is -2.37. The molecule has 0 radical (unpaired) electrons. The Kier molecular flexibility index (Phi) is 9.56. The lowest BCUT2D eigenvalue weighted by atomic mass is 9.98. The van der Waals surface area contributed by atoms with Crippen molar-refractivity contribution in [2.75, 3.05) is 57.7 Å². The minimum Gasteiger partial charge on any atom is -0.394 e. The maximum Gasteiger partial charge on any atom is 0.354 e. The summed E-state index contributed by atoms with van der Waals surface area (Å²) in [6.45, 7) is 7.54. The number of hydrogen-bond acceptors (Lipinski definition) is 8. The number of anilines is 1. The van der Waals surface area contributed by atoms with Crippen LogP contribution in [0.1, 0.15) is 32.3 Å². The maximum absolute atomic E-state index is 12.7. The van der Waals surface area contributed by atoms with Crippen LogP contribution >= 0.6 is 0 Å². The number of piperazine rings is 1. The molecule has 3 amide bonds. The van der Waals surface area contributed by atoms with E-state index in [1.54, 1.807) is 17.2 Å². The van der Waals surface area contributed by atoms with Gasteiger partial charge in [0, 0.05) is 45.0 Å². The van der Waals surface area contributed by atoms with Gasteiger partial charge in [0.05, 0.1) is 12.3 Å². The zero-order valence-electron chi connectivity index (χ0n) is 23.5. The number of carbonyl (C=O) groups is 2. The van der Waals surface area contributed by atoms with Crippen molar-refractivity contribution >= 4 is 17.8 Å². The monoisotopic (exact) mass is 554 g/mol. The summed E-state index contributed by atoms with van der Waals surface area (Å²) in [5.41, 5.74) is 12.1. The molecule has 0 aliphatic carbocycles. The first-order valence-corrected chi connectivity index (χ1v) is 14.0. The van der Waals surface area contributed by atoms with Crippen LogP contribution in [0.15, 0.2) is 41.3 Å². The highest BCUT2D eigenvalue weighted by Gasteiger charge is 2.34. The summed E-state index contributed by atoms with van der Waals surface area (Å²) in [7, 11) is 0. The second kappa shape index (κ2) is 12.9. The van der Waals surface area contributed by atoms with Gasteiger partial charge in [-0.05, 0) is 69.0 Å². The topological polar surface area (TPSA) is 163 Å². The number of amides is 3. The van der Waals surface area contributed by atoms with Crippen LogP contribution in [0.25, 0.3) is 5.69 Å². The van der Waals surface area contributed by atoms with Crippen molar-refractivity contribution in [1.82, 2.24) is 24.3 Å². The van der Waals surface area contributed by atoms with Gasteiger partial charge in [-0.2, -0.15) is 4.98 Å². The molecule has 12 heteroatoms. The number of carbonyl (C=O) groups excluding carboxylic acids is 2. The van der Waals surface area contributed by atoms with Crippen molar-refractivity contribution in [3.8, 4) is 5.69 Å². The Morgan fingerprint density at radius 1 is 1.05 bits per heavy atom. The number of urea groups is 1. The summed E-state index contributed by atoms with van der Waals surface area (Å²) < 4.78 is 1.44. The molecule has 1 aromatic heterocycles. The van der Waals surface area contributed by atoms with Gasteiger partial charge in [0.2, 0.25) is 5.91 Å². The Morgan fingerprint density at radius 2 is 1.70 bits per heavy atom. The van der Waals surface area contributed by atoms with Gasteiger partial charge in [-0.25, -0.2) is 9.59 Å². The van der Waals surface area contributed by atoms with Crippen LogP contribution in [0.3, 0.4) is 0 Å². The summed E-state index contributed by atoms with van der Waals surface area (Å²) in [6, 6.07) is 9.33. The van der Waals surface area contributed by atoms with E-state index in [9.17, 15) is 19.5 Å². The molecule has 2 saturated heterocycles. The maximum atomic E-state index is 12.7. The molecular formula is C28H42N8O4. The van der Waals surface area contributed by atoms with Gasteiger partial charge in [0.25, 0.3) is 0 Å². The standard InChI is InChI=1S/C28H42N8O4/c1-20-7-11-33(13-9-23(20)29)12-8-21-3-5-22(6-4-21)36-14-10-24(32-27(36)40)31-26(39)35-17-15-34(16-18-35)25(38)28(2,30)19-37/h3-6,10,14,20,23,37H,7-9,11-13,15-19,29-30H2,1-2H3,(H,31,32,39,40). The van der Waals surface area contributed by atoms with Crippen molar-refractivity contribution < 1.29 is 14.7 Å². The number of aliphatic hydroxyl groups excluding tert-OH is 1. The molecule has 2 fully saturated rings. The number of likely N-dealkylation sites (tertiary alicyclic amines) is 1. The fraction of sp³-hybridized carbons (Fsp3) is 0.571. The molecule has 0 bridgehead atoms. The number of nitrogens with two attached hydrogens (primary N) is 2. The smallest absolute Gasteiger partial charge is 0.354 e. The third-order valence-corrected chi connectivity index (χ3v) is 8.05. The van der Waals surface area contributed by atoms with Gasteiger partial charge in [0.15, 0.2) is 0 Å². The van der Waals surface area contributed by atoms with Gasteiger partial charge in [-0.1, -0.05) is 19.1 Å². The van der Waals surface area contributed by atoms with E-state index < -0.39 is 23.9 Å². The summed E-state index contributed by atoms with van der Waals surface area (Å²) in [4.78, 5) is 47.5. The Balaban J connectivity index is 1.29. The number of aliphatic hydroxyl groups is 1. The van der Waals surface area contributed by atoms with Gasteiger partial charge in [0.1, 0.15) is 11.4 Å². The SMILES string of the molecule is CC1CCN(CCc2ccc(-n3ccc(NC(=O)N4CCN(C(=O)C(C)(N)CO)CC4)nc3=O)cc2)CCC1N. The number of rotatable bonds is 7. The molecule has 0 saturated carbocycles. The van der Waals surface area contributed by atoms with Gasteiger partial charge >= 0.3 is 11.7 Å². The number of aromatic nitrogens is 2. The molecule has 4 rings (SSSR count). The molecule has 12 nitrogen and oxygen atoms in total. The van der Waals surface area contributed by atoms with Crippen LogP contribution in [0.4, 0.5) is 10.6 Å². The lowest BCUT2D eigenvalue weighted by molar-refractivity contribution is -0.139. The van der Waals surface area contributed by atoms with E-state index in [0.717, 1.165) is 38.9 Å². The number of benzene rings is 1. The summed E-state index contributed by atoms with van der Waals surface area (Å²) in [5, 5.41) is 12.0. The molecule has 40 heavy (non-hydrogen) atoms. The van der Waals surface area contributed by atoms with E-state index in [0.29, 0.717) is 37.8 Å². The molecule has 218 valence electrons. The predicted octanol–water partition coefficient (Wildman–Crippen LogP) is 0.220. The quantitative estimate of drug-likeness (QED) is 0.378. The highest BCUT2D eigenvalue weighted by atomic mass is 16.3. The molecule has 2 aliphatic heterocycles. The van der Waals surface area contributed by atoms with Crippen molar-refractivity contribution in [1.29, 1.82) is 0 Å². The van der Waals surface area contributed by atoms with Gasteiger partial charge < -0.3 is 31.3 Å². The lowest BCUT2D eigenvalue weighted by Crippen LogP contribution is -2.60. The van der Waals surface area contributed by atoms with Crippen LogP contribution in [-0.4, -0.2) is 105 Å². The Hall–Kier alpha value is -3.32. The molecule has 2 aliphatic rings. The van der Waals surface area contributed by atoms with Crippen LogP contribution in [0, 0.1) is 5.92 Å². The molecule has 2 aromatic rings. The van der Waals surface area contributed by atoms with Crippen LogP contribution in [0.2, 0.25) is 0 Å². The number of nitrogens with one attached hydrogen (secondary N) is 1. The molecular weight excluding hydrogens is 512 g/mol. The normalized spacial score (nSPS) is 21.9. The molecule has 3 unspecified atom stereocenters. The van der Waals surface area contributed by atoms with Crippen LogP contribution in [-0.2, 0) is 11.2 Å². The van der Waals surface area contributed by atoms with Crippen molar-refractivity contribution in [3.63, 3.8) is 0 Å². The van der Waals surface area contributed by atoms with Crippen molar-refractivity contribution in [3.05, 3.63) is 52.6 Å². The third kappa shape index (κ3) is 7.25. The fourth-order valence-electron chi connectivity index (χ4n) is 5.06. The second-order valence-corrected chi connectivity index (χ2v) is 11.2. The minimum absolute atomic E-state index is 0.155. The summed E-state index contributed by atoms with van der Waals surface area (Å²) >= 11 is 0. The van der Waals surface area contributed by atoms with Crippen molar-refractivity contribution in [2.45, 2.75) is 44.7 Å². The average molecular weight is 555 g/mol. The minimum atomic E-state index is -1.35. The first-order valence-electron chi connectivity index (χ1n) is 14.0. The van der Waals surface area contributed by atoms with Gasteiger partial charge in [-0.3, -0.25) is 14.7 Å². The van der Waals surface area contributed by atoms with E-state index in [1.807, 2.05) is 24.3 Å². The molecule has 3 atom stereocenters. The highest BCUT2D eigenvalue weighted by Crippen LogP contribution is 2.17. The number of hydrogen-bond donors (Lipinski definition) is 4. The van der Waals surface area contributed by atoms with Crippen molar-refractivity contribution in [2.24, 2.45) is 17.4 Å². The second-order valence-electron chi connectivity index (χ2n) is 11.2. The summed E-state index contributed by atoms with van der Waals surface area (Å²) in [5.74, 6) is 0.360.